The smallest absolute Gasteiger partial charge is 0.410 e. The van der Waals surface area contributed by atoms with Crippen LogP contribution in [0, 0.1) is 0 Å². The number of likely N-dealkylation sites (N-methyl/N-ethyl adjacent to an activating group) is 1. The first-order valence-electron chi connectivity index (χ1n) is 9.44. The van der Waals surface area contributed by atoms with Crippen LogP contribution in [0.25, 0.3) is 0 Å². The predicted molar refractivity (Wildman–Crippen MR) is 101 cm³/mol. The summed E-state index contributed by atoms with van der Waals surface area (Å²) in [5.41, 5.74) is 3.84. The summed E-state index contributed by atoms with van der Waals surface area (Å²) >= 11 is 0. The first kappa shape index (κ1) is 16.6. The number of benzene rings is 1. The van der Waals surface area contributed by atoms with Crippen molar-refractivity contribution in [1.29, 1.82) is 0 Å². The van der Waals surface area contributed by atoms with E-state index in [9.17, 15) is 4.79 Å². The Labute approximate surface area is 150 Å². The highest BCUT2D eigenvalue weighted by molar-refractivity contribution is 5.80. The zero-order valence-corrected chi connectivity index (χ0v) is 15.8. The molecule has 25 heavy (non-hydrogen) atoms. The lowest BCUT2D eigenvalue weighted by molar-refractivity contribution is 0.0255. The molecule has 1 amide bonds. The molecule has 1 aromatic carbocycles. The molecule has 1 fully saturated rings. The maximum Gasteiger partial charge on any atom is 0.410 e. The van der Waals surface area contributed by atoms with Gasteiger partial charge in [-0.25, -0.2) is 4.79 Å². The van der Waals surface area contributed by atoms with E-state index in [-0.39, 0.29) is 6.09 Å². The molecule has 4 rings (SSSR count). The van der Waals surface area contributed by atoms with Crippen LogP contribution in [0.3, 0.4) is 0 Å². The van der Waals surface area contributed by atoms with Crippen LogP contribution < -0.4 is 9.80 Å². The number of hydrogen-bond acceptors (Lipinski definition) is 4. The summed E-state index contributed by atoms with van der Waals surface area (Å²) in [7, 11) is 2.19. The van der Waals surface area contributed by atoms with Crippen molar-refractivity contribution in [2.75, 3.05) is 43.0 Å². The Morgan fingerprint density at radius 3 is 2.64 bits per heavy atom. The third-order valence-corrected chi connectivity index (χ3v) is 5.74. The third-order valence-electron chi connectivity index (χ3n) is 5.74. The maximum absolute atomic E-state index is 12.5. The second kappa shape index (κ2) is 5.82. The summed E-state index contributed by atoms with van der Waals surface area (Å²) < 4.78 is 5.59. The van der Waals surface area contributed by atoms with Gasteiger partial charge in [0.2, 0.25) is 0 Å². The highest BCUT2D eigenvalue weighted by Crippen LogP contribution is 2.50. The fourth-order valence-corrected chi connectivity index (χ4v) is 4.62. The van der Waals surface area contributed by atoms with Crippen molar-refractivity contribution >= 4 is 17.5 Å². The van der Waals surface area contributed by atoms with Gasteiger partial charge in [-0.3, -0.25) is 0 Å². The van der Waals surface area contributed by atoms with E-state index in [0.717, 1.165) is 39.0 Å². The fourth-order valence-electron chi connectivity index (χ4n) is 4.62. The minimum absolute atomic E-state index is 0.167. The summed E-state index contributed by atoms with van der Waals surface area (Å²) in [6.45, 7) is 9.50. The average Bonchev–Trinajstić information content (AvgIpc) is 2.70. The quantitative estimate of drug-likeness (QED) is 0.723. The number of para-hydroxylation sites is 1. The van der Waals surface area contributed by atoms with Crippen molar-refractivity contribution in [2.24, 2.45) is 0 Å². The van der Waals surface area contributed by atoms with Gasteiger partial charge in [-0.1, -0.05) is 12.1 Å². The van der Waals surface area contributed by atoms with Gasteiger partial charge in [0.15, 0.2) is 0 Å². The fraction of sp³-hybridized carbons (Fsp3) is 0.650. The van der Waals surface area contributed by atoms with Crippen LogP contribution in [0.2, 0.25) is 0 Å². The molecule has 3 aliphatic heterocycles. The van der Waals surface area contributed by atoms with Crippen LogP contribution in [0.5, 0.6) is 0 Å². The van der Waals surface area contributed by atoms with Crippen molar-refractivity contribution in [3.05, 3.63) is 23.8 Å². The number of rotatable bonds is 0. The summed E-state index contributed by atoms with van der Waals surface area (Å²) in [4.78, 5) is 19.4. The molecule has 5 nitrogen and oxygen atoms in total. The van der Waals surface area contributed by atoms with Crippen LogP contribution in [0.15, 0.2) is 18.2 Å². The van der Waals surface area contributed by atoms with Crippen molar-refractivity contribution in [3.63, 3.8) is 0 Å². The van der Waals surface area contributed by atoms with Gasteiger partial charge in [0.25, 0.3) is 0 Å². The first-order valence-corrected chi connectivity index (χ1v) is 9.44. The molecular weight excluding hydrogens is 314 g/mol. The highest BCUT2D eigenvalue weighted by Gasteiger charge is 2.43. The molecule has 0 bridgehead atoms. The van der Waals surface area contributed by atoms with E-state index >= 15 is 0 Å². The number of carbonyl (C=O) groups excluding carboxylic acids is 1. The van der Waals surface area contributed by atoms with E-state index in [0.29, 0.717) is 12.0 Å². The molecule has 0 aliphatic carbocycles. The van der Waals surface area contributed by atoms with E-state index in [4.69, 9.17) is 4.74 Å². The van der Waals surface area contributed by atoms with Gasteiger partial charge in [-0.2, -0.15) is 0 Å². The van der Waals surface area contributed by atoms with Crippen LogP contribution in [0.4, 0.5) is 16.2 Å². The number of hydrogen-bond donors (Lipinski definition) is 0. The van der Waals surface area contributed by atoms with Crippen LogP contribution in [-0.2, 0) is 4.74 Å². The standard InChI is InChI=1S/C20H29N3O2/c1-20(2,3)25-19(24)22-10-8-14-15-6-5-7-17-18(15)23(13-12-21(17)4)16(14)9-11-22/h5-7,14,16H,8-13H2,1-4H3/t14-,16-/m0/s1. The number of ether oxygens (including phenoxy) is 1. The number of nitrogens with zero attached hydrogens (tertiary/aromatic N) is 3. The second-order valence-electron chi connectivity index (χ2n) is 8.55. The van der Waals surface area contributed by atoms with Gasteiger partial charge >= 0.3 is 6.09 Å². The number of amides is 1. The molecule has 0 aromatic heterocycles. The Balaban J connectivity index is 1.57. The molecule has 1 aromatic rings. The number of likely N-dealkylation sites (tertiary alicyclic amines) is 1. The van der Waals surface area contributed by atoms with Crippen LogP contribution in [-0.4, -0.2) is 55.9 Å². The molecule has 2 atom stereocenters. The molecule has 3 aliphatic rings. The van der Waals surface area contributed by atoms with Crippen molar-refractivity contribution < 1.29 is 9.53 Å². The van der Waals surface area contributed by atoms with Crippen LogP contribution >= 0.6 is 0 Å². The molecule has 0 spiro atoms. The Morgan fingerprint density at radius 2 is 1.88 bits per heavy atom. The van der Waals surface area contributed by atoms with Crippen molar-refractivity contribution in [1.82, 2.24) is 4.90 Å². The van der Waals surface area contributed by atoms with Crippen LogP contribution in [0.1, 0.15) is 45.1 Å². The molecule has 5 heteroatoms. The zero-order valence-electron chi connectivity index (χ0n) is 15.8. The number of carbonyl (C=O) groups is 1. The van der Waals surface area contributed by atoms with Gasteiger partial charge in [0, 0.05) is 45.2 Å². The Morgan fingerprint density at radius 1 is 1.12 bits per heavy atom. The molecule has 0 unspecified atom stereocenters. The third kappa shape index (κ3) is 2.83. The first-order chi connectivity index (χ1) is 11.8. The molecule has 1 saturated heterocycles. The van der Waals surface area contributed by atoms with E-state index in [1.165, 1.54) is 16.9 Å². The second-order valence-corrected chi connectivity index (χ2v) is 8.55. The highest BCUT2D eigenvalue weighted by atomic mass is 16.6. The van der Waals surface area contributed by atoms with E-state index in [1.807, 2.05) is 25.7 Å². The van der Waals surface area contributed by atoms with E-state index in [2.05, 4.69) is 35.0 Å². The molecule has 0 radical (unpaired) electrons. The molecule has 0 saturated carbocycles. The normalized spacial score (nSPS) is 25.4. The lowest BCUT2D eigenvalue weighted by Crippen LogP contribution is -2.44. The minimum Gasteiger partial charge on any atom is -0.444 e. The monoisotopic (exact) mass is 343 g/mol. The van der Waals surface area contributed by atoms with Crippen molar-refractivity contribution in [2.45, 2.75) is 51.2 Å². The van der Waals surface area contributed by atoms with E-state index < -0.39 is 5.60 Å². The van der Waals surface area contributed by atoms with E-state index in [1.54, 1.807) is 0 Å². The predicted octanol–water partition coefficient (Wildman–Crippen LogP) is 3.44. The van der Waals surface area contributed by atoms with Gasteiger partial charge in [0.1, 0.15) is 5.60 Å². The van der Waals surface area contributed by atoms with Gasteiger partial charge in [-0.15, -0.1) is 0 Å². The molecule has 136 valence electrons. The summed E-state index contributed by atoms with van der Waals surface area (Å²) in [6, 6.07) is 7.23. The minimum atomic E-state index is -0.432. The van der Waals surface area contributed by atoms with Crippen molar-refractivity contribution in [3.8, 4) is 0 Å². The Bertz CT molecular complexity index is 682. The summed E-state index contributed by atoms with van der Waals surface area (Å²) in [6.07, 6.45) is 1.86. The number of fused-ring (bicyclic) bond motifs is 3. The van der Waals surface area contributed by atoms with Gasteiger partial charge in [-0.05, 0) is 45.2 Å². The largest absolute Gasteiger partial charge is 0.444 e. The summed E-state index contributed by atoms with van der Waals surface area (Å²) in [5.74, 6) is 0.522. The number of anilines is 2. The lowest BCUT2D eigenvalue weighted by Gasteiger charge is -2.38. The van der Waals surface area contributed by atoms with Gasteiger partial charge in [0.05, 0.1) is 11.4 Å². The molecule has 0 N–H and O–H groups in total. The maximum atomic E-state index is 12.5. The van der Waals surface area contributed by atoms with Gasteiger partial charge < -0.3 is 19.4 Å². The molecular formula is C20H29N3O2. The topological polar surface area (TPSA) is 36.0 Å². The molecule has 3 heterocycles. The Kier molecular flexibility index (Phi) is 3.85. The SMILES string of the molecule is CN1CCN2c3c(cccc31)[C@@H]1CCN(C(=O)OC(C)(C)C)CC[C@@H]12. The Hall–Kier alpha value is -1.91. The lowest BCUT2D eigenvalue weighted by atomic mass is 9.91. The average molecular weight is 343 g/mol. The zero-order chi connectivity index (χ0) is 17.8. The summed E-state index contributed by atoms with van der Waals surface area (Å²) in [5, 5.41) is 0.